The molecule has 0 saturated heterocycles. The number of nitrogens with zero attached hydrogens (tertiary/aromatic N) is 2. The number of aromatic nitrogens is 1. The summed E-state index contributed by atoms with van der Waals surface area (Å²) in [5.41, 5.74) is 1.29. The molecule has 1 rings (SSSR count). The van der Waals surface area contributed by atoms with Gasteiger partial charge in [-0.15, -0.1) is 12.3 Å². The molecule has 1 aromatic heterocycles. The Bertz CT molecular complexity index is 287. The van der Waals surface area contributed by atoms with Crippen LogP contribution in [0.3, 0.4) is 0 Å². The third-order valence-corrected chi connectivity index (χ3v) is 2.18. The highest BCUT2D eigenvalue weighted by molar-refractivity contribution is 5.09. The summed E-state index contributed by atoms with van der Waals surface area (Å²) in [6, 6.07) is 4.08. The van der Waals surface area contributed by atoms with E-state index < -0.39 is 0 Å². The molecule has 0 aliphatic heterocycles. The van der Waals surface area contributed by atoms with Gasteiger partial charge in [0.2, 0.25) is 0 Å². The molecule has 1 heterocycles. The van der Waals surface area contributed by atoms with E-state index in [-0.39, 0.29) is 0 Å². The minimum Gasteiger partial charge on any atom is -0.298 e. The summed E-state index contributed by atoms with van der Waals surface area (Å²) in [4.78, 5) is 6.32. The summed E-state index contributed by atoms with van der Waals surface area (Å²) < 4.78 is 0. The monoisotopic (exact) mass is 188 g/mol. The molecule has 0 N–H and O–H groups in total. The van der Waals surface area contributed by atoms with E-state index in [0.717, 1.165) is 26.1 Å². The van der Waals surface area contributed by atoms with E-state index in [9.17, 15) is 0 Å². The molecule has 1 aromatic rings. The van der Waals surface area contributed by atoms with Crippen LogP contribution in [-0.2, 0) is 6.54 Å². The fourth-order valence-electron chi connectivity index (χ4n) is 1.32. The van der Waals surface area contributed by atoms with Crippen molar-refractivity contribution in [1.29, 1.82) is 0 Å². The zero-order chi connectivity index (χ0) is 10.2. The lowest BCUT2D eigenvalue weighted by atomic mass is 10.2. The number of pyridine rings is 1. The molecule has 0 unspecified atom stereocenters. The van der Waals surface area contributed by atoms with Crippen molar-refractivity contribution in [2.75, 3.05) is 13.1 Å². The minimum absolute atomic E-state index is 0.818. The van der Waals surface area contributed by atoms with Crippen LogP contribution < -0.4 is 0 Å². The maximum atomic E-state index is 5.24. The second kappa shape index (κ2) is 6.17. The van der Waals surface area contributed by atoms with Gasteiger partial charge in [0.15, 0.2) is 0 Å². The molecule has 0 spiro atoms. The normalized spacial score (nSPS) is 10.1. The minimum atomic E-state index is 0.818. The fourth-order valence-corrected chi connectivity index (χ4v) is 1.32. The lowest BCUT2D eigenvalue weighted by Gasteiger charge is -2.18. The van der Waals surface area contributed by atoms with Crippen LogP contribution in [0.4, 0.5) is 0 Å². The fraction of sp³-hybridized carbons (Fsp3) is 0.417. The van der Waals surface area contributed by atoms with Gasteiger partial charge in [0.05, 0.1) is 0 Å². The van der Waals surface area contributed by atoms with Gasteiger partial charge in [-0.25, -0.2) is 0 Å². The maximum absolute atomic E-state index is 5.24. The van der Waals surface area contributed by atoms with Crippen molar-refractivity contribution in [3.63, 3.8) is 0 Å². The highest BCUT2D eigenvalue weighted by Gasteiger charge is 2.01. The van der Waals surface area contributed by atoms with Crippen LogP contribution in [0.5, 0.6) is 0 Å². The summed E-state index contributed by atoms with van der Waals surface area (Å²) >= 11 is 0. The lowest BCUT2D eigenvalue weighted by Crippen LogP contribution is -2.23. The second-order valence-electron chi connectivity index (χ2n) is 3.18. The van der Waals surface area contributed by atoms with Crippen molar-refractivity contribution in [2.24, 2.45) is 0 Å². The highest BCUT2D eigenvalue weighted by atomic mass is 15.1. The van der Waals surface area contributed by atoms with E-state index in [4.69, 9.17) is 6.42 Å². The molecular weight excluding hydrogens is 172 g/mol. The molecule has 0 aliphatic carbocycles. The molecule has 74 valence electrons. The Kier molecular flexibility index (Phi) is 4.74. The molecule has 0 fully saturated rings. The van der Waals surface area contributed by atoms with Crippen molar-refractivity contribution >= 4 is 0 Å². The summed E-state index contributed by atoms with van der Waals surface area (Å²) in [6.45, 7) is 5.11. The average molecular weight is 188 g/mol. The topological polar surface area (TPSA) is 16.1 Å². The predicted octanol–water partition coefficient (Wildman–Crippen LogP) is 1.93. The molecule has 0 radical (unpaired) electrons. The smallest absolute Gasteiger partial charge is 0.0271 e. The molecule has 0 amide bonds. The van der Waals surface area contributed by atoms with Crippen LogP contribution in [0.15, 0.2) is 24.5 Å². The summed E-state index contributed by atoms with van der Waals surface area (Å²) in [7, 11) is 0. The van der Waals surface area contributed by atoms with Gasteiger partial charge in [0, 0.05) is 31.9 Å². The molecule has 2 nitrogen and oxygen atoms in total. The quantitative estimate of drug-likeness (QED) is 0.656. The highest BCUT2D eigenvalue weighted by Crippen LogP contribution is 2.02. The Labute approximate surface area is 86.0 Å². The van der Waals surface area contributed by atoms with Gasteiger partial charge in [-0.1, -0.05) is 6.92 Å². The van der Waals surface area contributed by atoms with Crippen LogP contribution in [0.1, 0.15) is 18.9 Å². The van der Waals surface area contributed by atoms with E-state index in [0.29, 0.717) is 0 Å². The molecule has 14 heavy (non-hydrogen) atoms. The first kappa shape index (κ1) is 10.7. The zero-order valence-electron chi connectivity index (χ0n) is 8.61. The van der Waals surface area contributed by atoms with Crippen molar-refractivity contribution in [3.8, 4) is 12.3 Å². The van der Waals surface area contributed by atoms with Crippen molar-refractivity contribution in [2.45, 2.75) is 19.9 Å². The molecule has 0 saturated carbocycles. The first-order valence-electron chi connectivity index (χ1n) is 4.91. The number of terminal acetylenes is 1. The predicted molar refractivity (Wildman–Crippen MR) is 58.6 cm³/mol. The summed E-state index contributed by atoms with van der Waals surface area (Å²) in [6.07, 6.45) is 9.70. The molecule has 2 heteroatoms. The third-order valence-electron chi connectivity index (χ3n) is 2.18. The first-order chi connectivity index (χ1) is 6.86. The SMILES string of the molecule is C#CCCN(CC)Cc1ccncc1. The van der Waals surface area contributed by atoms with Gasteiger partial charge in [-0.05, 0) is 24.2 Å². The number of hydrogen-bond acceptors (Lipinski definition) is 2. The van der Waals surface area contributed by atoms with E-state index in [2.05, 4.69) is 22.7 Å². The Morgan fingerprint density at radius 2 is 2.14 bits per heavy atom. The third kappa shape index (κ3) is 3.59. The maximum Gasteiger partial charge on any atom is 0.0271 e. The lowest BCUT2D eigenvalue weighted by molar-refractivity contribution is 0.287. The van der Waals surface area contributed by atoms with Crippen LogP contribution in [0.2, 0.25) is 0 Å². The van der Waals surface area contributed by atoms with Crippen molar-refractivity contribution < 1.29 is 0 Å². The van der Waals surface area contributed by atoms with Gasteiger partial charge < -0.3 is 0 Å². The first-order valence-corrected chi connectivity index (χ1v) is 4.91. The van der Waals surface area contributed by atoms with Crippen molar-refractivity contribution in [1.82, 2.24) is 9.88 Å². The molecular formula is C12H16N2. The number of rotatable bonds is 5. The van der Waals surface area contributed by atoms with E-state index in [1.807, 2.05) is 24.5 Å². The molecule has 0 atom stereocenters. The Morgan fingerprint density at radius 3 is 2.71 bits per heavy atom. The Morgan fingerprint density at radius 1 is 1.43 bits per heavy atom. The molecule has 0 bridgehead atoms. The van der Waals surface area contributed by atoms with Crippen molar-refractivity contribution in [3.05, 3.63) is 30.1 Å². The van der Waals surface area contributed by atoms with Gasteiger partial charge in [0.25, 0.3) is 0 Å². The standard InChI is InChI=1S/C12H16N2/c1-3-5-10-14(4-2)11-12-6-8-13-9-7-12/h1,6-9H,4-5,10-11H2,2H3. The number of hydrogen-bond donors (Lipinski definition) is 0. The van der Waals surface area contributed by atoms with Crippen LogP contribution in [0, 0.1) is 12.3 Å². The van der Waals surface area contributed by atoms with Gasteiger partial charge in [-0.3, -0.25) is 9.88 Å². The van der Waals surface area contributed by atoms with Crippen LogP contribution >= 0.6 is 0 Å². The van der Waals surface area contributed by atoms with Gasteiger partial charge in [-0.2, -0.15) is 0 Å². The van der Waals surface area contributed by atoms with E-state index in [1.54, 1.807) is 0 Å². The van der Waals surface area contributed by atoms with Crippen LogP contribution in [0.25, 0.3) is 0 Å². The van der Waals surface area contributed by atoms with E-state index in [1.165, 1.54) is 5.56 Å². The van der Waals surface area contributed by atoms with Gasteiger partial charge >= 0.3 is 0 Å². The van der Waals surface area contributed by atoms with Crippen LogP contribution in [-0.4, -0.2) is 23.0 Å². The Hall–Kier alpha value is -1.33. The average Bonchev–Trinajstić information content (AvgIpc) is 2.25. The second-order valence-corrected chi connectivity index (χ2v) is 3.18. The summed E-state index contributed by atoms with van der Waals surface area (Å²) in [5, 5.41) is 0. The Balaban J connectivity index is 2.45. The van der Waals surface area contributed by atoms with Gasteiger partial charge in [0.1, 0.15) is 0 Å². The zero-order valence-corrected chi connectivity index (χ0v) is 8.61. The van der Waals surface area contributed by atoms with E-state index >= 15 is 0 Å². The molecule has 0 aliphatic rings. The molecule has 0 aromatic carbocycles. The summed E-state index contributed by atoms with van der Waals surface area (Å²) in [5.74, 6) is 2.66. The largest absolute Gasteiger partial charge is 0.298 e.